The molecule has 0 saturated heterocycles. The van der Waals surface area contributed by atoms with Gasteiger partial charge in [-0.2, -0.15) is 0 Å². The van der Waals surface area contributed by atoms with E-state index < -0.39 is 0 Å². The molecule has 1 aliphatic carbocycles. The van der Waals surface area contributed by atoms with Gasteiger partial charge in [-0.3, -0.25) is 0 Å². The average molecular weight is 259 g/mol. The summed E-state index contributed by atoms with van der Waals surface area (Å²) in [5.74, 6) is 2.53. The first-order valence-electron chi connectivity index (χ1n) is 8.00. The van der Waals surface area contributed by atoms with Gasteiger partial charge in [-0.15, -0.1) is 0 Å². The van der Waals surface area contributed by atoms with E-state index in [0.717, 1.165) is 24.3 Å². The minimum absolute atomic E-state index is 0.760. The maximum absolute atomic E-state index is 3.67. The minimum atomic E-state index is 0.760. The average Bonchev–Trinajstić information content (AvgIpc) is 2.41. The number of nitrogens with one attached hydrogen (secondary N) is 1. The summed E-state index contributed by atoms with van der Waals surface area (Å²) in [6.45, 7) is 6.95. The maximum atomic E-state index is 3.67. The van der Waals surface area contributed by atoms with Gasteiger partial charge in [0.2, 0.25) is 0 Å². The van der Waals surface area contributed by atoms with Gasteiger partial charge >= 0.3 is 0 Å². The normalized spacial score (nSPS) is 23.7. The zero-order chi connectivity index (χ0) is 13.5. The summed E-state index contributed by atoms with van der Waals surface area (Å²) in [5.41, 5.74) is 1.52. The van der Waals surface area contributed by atoms with Crippen LogP contribution in [0.25, 0.3) is 0 Å². The Bertz CT molecular complexity index is 344. The molecule has 1 saturated carbocycles. The van der Waals surface area contributed by atoms with Crippen LogP contribution in [0.5, 0.6) is 0 Å². The third-order valence-electron chi connectivity index (χ3n) is 4.37. The summed E-state index contributed by atoms with van der Waals surface area (Å²) >= 11 is 0. The SMILES string of the molecule is CC(C)CNCC1CCCCC1Cc1ccccc1. The van der Waals surface area contributed by atoms with E-state index in [4.69, 9.17) is 0 Å². The first kappa shape index (κ1) is 14.6. The molecule has 1 aromatic rings. The molecule has 2 rings (SSSR count). The van der Waals surface area contributed by atoms with Crippen molar-refractivity contribution in [2.75, 3.05) is 13.1 Å². The second kappa shape index (κ2) is 7.69. The van der Waals surface area contributed by atoms with Gasteiger partial charge < -0.3 is 5.32 Å². The van der Waals surface area contributed by atoms with E-state index in [2.05, 4.69) is 49.5 Å². The van der Waals surface area contributed by atoms with E-state index in [1.165, 1.54) is 44.2 Å². The highest BCUT2D eigenvalue weighted by Crippen LogP contribution is 2.32. The lowest BCUT2D eigenvalue weighted by molar-refractivity contribution is 0.226. The maximum Gasteiger partial charge on any atom is -0.00176 e. The fourth-order valence-corrected chi connectivity index (χ4v) is 3.30. The monoisotopic (exact) mass is 259 g/mol. The highest BCUT2D eigenvalue weighted by molar-refractivity contribution is 5.15. The Balaban J connectivity index is 1.85. The lowest BCUT2D eigenvalue weighted by Crippen LogP contribution is -2.33. The molecule has 0 bridgehead atoms. The second-order valence-corrected chi connectivity index (χ2v) is 6.55. The van der Waals surface area contributed by atoms with E-state index in [1.54, 1.807) is 0 Å². The lowest BCUT2D eigenvalue weighted by Gasteiger charge is -2.32. The molecule has 1 aliphatic rings. The predicted octanol–water partition coefficient (Wildman–Crippen LogP) is 4.28. The third kappa shape index (κ3) is 4.99. The molecular weight excluding hydrogens is 230 g/mol. The molecule has 0 aromatic heterocycles. The number of hydrogen-bond acceptors (Lipinski definition) is 1. The van der Waals surface area contributed by atoms with Crippen LogP contribution < -0.4 is 5.32 Å². The van der Waals surface area contributed by atoms with Gasteiger partial charge in [-0.25, -0.2) is 0 Å². The van der Waals surface area contributed by atoms with Crippen LogP contribution in [-0.2, 0) is 6.42 Å². The zero-order valence-electron chi connectivity index (χ0n) is 12.6. The van der Waals surface area contributed by atoms with Crippen LogP contribution in [0.15, 0.2) is 30.3 Å². The van der Waals surface area contributed by atoms with E-state index in [9.17, 15) is 0 Å². The first-order valence-corrected chi connectivity index (χ1v) is 8.00. The van der Waals surface area contributed by atoms with Crippen molar-refractivity contribution in [2.24, 2.45) is 17.8 Å². The fraction of sp³-hybridized carbons (Fsp3) is 0.667. The van der Waals surface area contributed by atoms with Crippen LogP contribution in [0.1, 0.15) is 45.1 Å². The second-order valence-electron chi connectivity index (χ2n) is 6.55. The van der Waals surface area contributed by atoms with Crippen molar-refractivity contribution in [3.8, 4) is 0 Å². The molecule has 2 atom stereocenters. The summed E-state index contributed by atoms with van der Waals surface area (Å²) in [7, 11) is 0. The Morgan fingerprint density at radius 1 is 1.05 bits per heavy atom. The molecule has 1 aromatic carbocycles. The van der Waals surface area contributed by atoms with Gasteiger partial charge in [-0.05, 0) is 55.7 Å². The molecule has 1 fully saturated rings. The van der Waals surface area contributed by atoms with Gasteiger partial charge in [-0.1, -0.05) is 57.0 Å². The van der Waals surface area contributed by atoms with E-state index in [1.807, 2.05) is 0 Å². The molecule has 0 aliphatic heterocycles. The van der Waals surface area contributed by atoms with Crippen molar-refractivity contribution in [3.05, 3.63) is 35.9 Å². The Hall–Kier alpha value is -0.820. The molecule has 0 amide bonds. The Morgan fingerprint density at radius 3 is 2.42 bits per heavy atom. The fourth-order valence-electron chi connectivity index (χ4n) is 3.30. The number of benzene rings is 1. The quantitative estimate of drug-likeness (QED) is 0.804. The van der Waals surface area contributed by atoms with Crippen molar-refractivity contribution in [3.63, 3.8) is 0 Å². The smallest absolute Gasteiger partial charge is 0.00176 e. The standard InChI is InChI=1S/C18H29N/c1-15(2)13-19-14-18-11-7-6-10-17(18)12-16-8-4-3-5-9-16/h3-5,8-9,15,17-19H,6-7,10-14H2,1-2H3. The molecule has 0 radical (unpaired) electrons. The summed E-state index contributed by atoms with van der Waals surface area (Å²) in [4.78, 5) is 0. The van der Waals surface area contributed by atoms with Gasteiger partial charge in [0.1, 0.15) is 0 Å². The molecule has 1 N–H and O–H groups in total. The third-order valence-corrected chi connectivity index (χ3v) is 4.37. The molecular formula is C18H29N. The Labute approximate surface area is 118 Å². The van der Waals surface area contributed by atoms with Crippen LogP contribution in [0, 0.1) is 17.8 Å². The summed E-state index contributed by atoms with van der Waals surface area (Å²) in [5, 5.41) is 3.67. The minimum Gasteiger partial charge on any atom is -0.316 e. The van der Waals surface area contributed by atoms with Crippen molar-refractivity contribution >= 4 is 0 Å². The molecule has 19 heavy (non-hydrogen) atoms. The van der Waals surface area contributed by atoms with Crippen LogP contribution in [0.4, 0.5) is 0 Å². The van der Waals surface area contributed by atoms with Crippen molar-refractivity contribution in [2.45, 2.75) is 46.0 Å². The topological polar surface area (TPSA) is 12.0 Å². The summed E-state index contributed by atoms with van der Waals surface area (Å²) in [6, 6.07) is 11.0. The van der Waals surface area contributed by atoms with Crippen LogP contribution in [-0.4, -0.2) is 13.1 Å². The van der Waals surface area contributed by atoms with Crippen molar-refractivity contribution in [1.29, 1.82) is 0 Å². The Kier molecular flexibility index (Phi) is 5.91. The van der Waals surface area contributed by atoms with Crippen molar-refractivity contribution < 1.29 is 0 Å². The summed E-state index contributed by atoms with van der Waals surface area (Å²) in [6.07, 6.45) is 6.97. The lowest BCUT2D eigenvalue weighted by atomic mass is 9.76. The molecule has 0 heterocycles. The predicted molar refractivity (Wildman–Crippen MR) is 83.3 cm³/mol. The number of hydrogen-bond donors (Lipinski definition) is 1. The van der Waals surface area contributed by atoms with Crippen molar-refractivity contribution in [1.82, 2.24) is 5.32 Å². The molecule has 0 spiro atoms. The first-order chi connectivity index (χ1) is 9.25. The molecule has 1 nitrogen and oxygen atoms in total. The van der Waals surface area contributed by atoms with E-state index in [0.29, 0.717) is 0 Å². The van der Waals surface area contributed by atoms with Crippen LogP contribution in [0.2, 0.25) is 0 Å². The molecule has 106 valence electrons. The van der Waals surface area contributed by atoms with Gasteiger partial charge in [0, 0.05) is 0 Å². The van der Waals surface area contributed by atoms with Gasteiger partial charge in [0.25, 0.3) is 0 Å². The van der Waals surface area contributed by atoms with Crippen LogP contribution in [0.3, 0.4) is 0 Å². The summed E-state index contributed by atoms with van der Waals surface area (Å²) < 4.78 is 0. The van der Waals surface area contributed by atoms with Gasteiger partial charge in [0.05, 0.1) is 0 Å². The highest BCUT2D eigenvalue weighted by atomic mass is 14.9. The highest BCUT2D eigenvalue weighted by Gasteiger charge is 2.24. The Morgan fingerprint density at radius 2 is 1.74 bits per heavy atom. The largest absolute Gasteiger partial charge is 0.316 e. The van der Waals surface area contributed by atoms with Gasteiger partial charge in [0.15, 0.2) is 0 Å². The molecule has 2 unspecified atom stereocenters. The van der Waals surface area contributed by atoms with Crippen LogP contribution >= 0.6 is 0 Å². The molecule has 1 heteroatoms. The number of rotatable bonds is 6. The van der Waals surface area contributed by atoms with E-state index in [-0.39, 0.29) is 0 Å². The van der Waals surface area contributed by atoms with E-state index >= 15 is 0 Å². The zero-order valence-corrected chi connectivity index (χ0v) is 12.6.